The van der Waals surface area contributed by atoms with Crippen molar-refractivity contribution < 1.29 is 33.8 Å². The molecular formula is C27H41N5O7. The molecule has 1 aliphatic rings. The Morgan fingerprint density at radius 2 is 1.87 bits per heavy atom. The second-order valence-corrected chi connectivity index (χ2v) is 11.0. The van der Waals surface area contributed by atoms with Gasteiger partial charge in [-0.3, -0.25) is 19.4 Å². The van der Waals surface area contributed by atoms with Gasteiger partial charge in [0, 0.05) is 42.3 Å². The van der Waals surface area contributed by atoms with E-state index in [0.717, 1.165) is 5.56 Å². The zero-order valence-corrected chi connectivity index (χ0v) is 23.5. The van der Waals surface area contributed by atoms with Crippen molar-refractivity contribution in [3.63, 3.8) is 0 Å². The number of aliphatic carboxylic acids is 1. The summed E-state index contributed by atoms with van der Waals surface area (Å²) in [6, 6.07) is 1.76. The van der Waals surface area contributed by atoms with E-state index in [9.17, 15) is 14.4 Å². The van der Waals surface area contributed by atoms with Crippen LogP contribution in [0.25, 0.3) is 6.08 Å². The smallest absolute Gasteiger partial charge is 0.407 e. The molecule has 0 aromatic carbocycles. The highest BCUT2D eigenvalue weighted by molar-refractivity contribution is 6.05. The number of hydroxylamine groups is 2. The lowest BCUT2D eigenvalue weighted by Crippen LogP contribution is -2.38. The van der Waals surface area contributed by atoms with Crippen LogP contribution in [0.3, 0.4) is 0 Å². The largest absolute Gasteiger partial charge is 0.481 e. The first kappa shape index (κ1) is 31.7. The molecule has 1 aromatic rings. The minimum Gasteiger partial charge on any atom is -0.481 e. The molecular weight excluding hydrogens is 506 g/mol. The Kier molecular flexibility index (Phi) is 11.9. The summed E-state index contributed by atoms with van der Waals surface area (Å²) in [6.45, 7) is 10.6. The van der Waals surface area contributed by atoms with Crippen LogP contribution >= 0.6 is 0 Å². The van der Waals surface area contributed by atoms with Gasteiger partial charge in [-0.25, -0.2) is 14.9 Å². The van der Waals surface area contributed by atoms with Crippen molar-refractivity contribution in [1.29, 1.82) is 0 Å². The highest BCUT2D eigenvalue weighted by Crippen LogP contribution is 2.26. The van der Waals surface area contributed by atoms with Gasteiger partial charge in [-0.2, -0.15) is 0 Å². The van der Waals surface area contributed by atoms with E-state index in [4.69, 9.17) is 25.2 Å². The highest BCUT2D eigenvalue weighted by atomic mass is 16.7. The van der Waals surface area contributed by atoms with Gasteiger partial charge in [-0.15, -0.1) is 0 Å². The number of alkyl carbamates (subject to hydrolysis) is 1. The number of nitrogens with two attached hydrogens (primary N) is 1. The van der Waals surface area contributed by atoms with Crippen molar-refractivity contribution in [2.75, 3.05) is 39.5 Å². The number of carbonyl (C=O) groups is 3. The Labute approximate surface area is 229 Å². The number of carboxylic acids is 1. The second-order valence-electron chi connectivity index (χ2n) is 11.0. The quantitative estimate of drug-likeness (QED) is 0.221. The summed E-state index contributed by atoms with van der Waals surface area (Å²) in [5.74, 6) is -0.895. The predicted octanol–water partition coefficient (Wildman–Crippen LogP) is 3.30. The number of nitrogens with one attached hydrogen (secondary N) is 1. The lowest BCUT2D eigenvalue weighted by Gasteiger charge is -2.28. The third-order valence-corrected chi connectivity index (χ3v) is 5.55. The Balaban J connectivity index is 1.78. The van der Waals surface area contributed by atoms with E-state index in [1.807, 2.05) is 34.6 Å². The molecule has 2 rings (SSSR count). The number of nitrogens with zero attached hydrogens (tertiary/aromatic N) is 3. The molecule has 12 nitrogen and oxygen atoms in total. The Morgan fingerprint density at radius 1 is 1.15 bits per heavy atom. The summed E-state index contributed by atoms with van der Waals surface area (Å²) in [6.07, 6.45) is 5.18. The van der Waals surface area contributed by atoms with Crippen molar-refractivity contribution >= 4 is 35.6 Å². The lowest BCUT2D eigenvalue weighted by atomic mass is 9.90. The van der Waals surface area contributed by atoms with Crippen molar-refractivity contribution in [2.45, 2.75) is 53.9 Å². The molecule has 4 N–H and O–H groups in total. The number of aliphatic imine (C=N–C) groups is 1. The van der Waals surface area contributed by atoms with E-state index in [1.54, 1.807) is 24.5 Å². The van der Waals surface area contributed by atoms with Gasteiger partial charge in [0.25, 0.3) is 5.91 Å². The number of hydrogen-bond donors (Lipinski definition) is 3. The second kappa shape index (κ2) is 14.6. The number of fused-ring (bicyclic) bond motifs is 1. The average molecular weight is 548 g/mol. The SMILES string of the molecule is CCCN(OCCNC(=O)OCC(C)(C)COCC(C)(C)CC(=O)O)C(=O)C1=Cc2ccncc2N=C(N)C1. The summed E-state index contributed by atoms with van der Waals surface area (Å²) >= 11 is 0. The van der Waals surface area contributed by atoms with Gasteiger partial charge in [0.05, 0.1) is 38.1 Å². The molecule has 12 heteroatoms. The van der Waals surface area contributed by atoms with Crippen LogP contribution in [0.15, 0.2) is 29.0 Å². The average Bonchev–Trinajstić information content (AvgIpc) is 3.01. The number of rotatable bonds is 15. The van der Waals surface area contributed by atoms with Crippen molar-refractivity contribution in [3.8, 4) is 0 Å². The molecule has 2 amide bonds. The molecule has 2 heterocycles. The number of aromatic nitrogens is 1. The third kappa shape index (κ3) is 11.4. The van der Waals surface area contributed by atoms with Crippen LogP contribution in [0.4, 0.5) is 10.5 Å². The van der Waals surface area contributed by atoms with E-state index in [-0.39, 0.29) is 45.1 Å². The molecule has 0 aliphatic carbocycles. The number of amidine groups is 1. The first-order valence-corrected chi connectivity index (χ1v) is 12.9. The summed E-state index contributed by atoms with van der Waals surface area (Å²) in [5, 5.41) is 12.9. The van der Waals surface area contributed by atoms with Crippen LogP contribution in [-0.4, -0.2) is 78.5 Å². The number of ether oxygens (including phenoxy) is 2. The van der Waals surface area contributed by atoms with Crippen molar-refractivity contribution in [3.05, 3.63) is 29.6 Å². The molecule has 1 aromatic heterocycles. The first-order valence-electron chi connectivity index (χ1n) is 12.9. The molecule has 0 fully saturated rings. The van der Waals surface area contributed by atoms with Crippen molar-refractivity contribution in [1.82, 2.24) is 15.4 Å². The number of carboxylic acid groups (broad SMARTS) is 1. The van der Waals surface area contributed by atoms with Crippen LogP contribution in [0.2, 0.25) is 0 Å². The third-order valence-electron chi connectivity index (χ3n) is 5.55. The maximum Gasteiger partial charge on any atom is 0.407 e. The fourth-order valence-corrected chi connectivity index (χ4v) is 3.69. The number of pyridine rings is 1. The molecule has 0 saturated heterocycles. The predicted molar refractivity (Wildman–Crippen MR) is 146 cm³/mol. The number of hydrogen-bond acceptors (Lipinski definition) is 9. The van der Waals surface area contributed by atoms with Crippen LogP contribution < -0.4 is 11.1 Å². The molecule has 1 aliphatic heterocycles. The van der Waals surface area contributed by atoms with Crippen LogP contribution in [-0.2, 0) is 23.9 Å². The number of amides is 2. The fourth-order valence-electron chi connectivity index (χ4n) is 3.69. The summed E-state index contributed by atoms with van der Waals surface area (Å²) in [5.41, 5.74) is 6.82. The number of carbonyl (C=O) groups excluding carboxylic acids is 2. The van der Waals surface area contributed by atoms with E-state index in [1.165, 1.54) is 5.06 Å². The zero-order valence-electron chi connectivity index (χ0n) is 23.5. The van der Waals surface area contributed by atoms with Gasteiger partial charge in [-0.05, 0) is 24.0 Å². The van der Waals surface area contributed by atoms with E-state index < -0.39 is 22.9 Å². The molecule has 0 atom stereocenters. The van der Waals surface area contributed by atoms with Crippen LogP contribution in [0.1, 0.15) is 59.4 Å². The Morgan fingerprint density at radius 3 is 2.56 bits per heavy atom. The normalized spacial score (nSPS) is 13.5. The van der Waals surface area contributed by atoms with E-state index in [2.05, 4.69) is 15.3 Å². The van der Waals surface area contributed by atoms with E-state index in [0.29, 0.717) is 36.7 Å². The van der Waals surface area contributed by atoms with Gasteiger partial charge in [0.15, 0.2) is 0 Å². The lowest BCUT2D eigenvalue weighted by molar-refractivity contribution is -0.181. The van der Waals surface area contributed by atoms with Crippen LogP contribution in [0.5, 0.6) is 0 Å². The maximum atomic E-state index is 13.2. The molecule has 0 unspecified atom stereocenters. The molecule has 216 valence electrons. The monoisotopic (exact) mass is 547 g/mol. The van der Waals surface area contributed by atoms with Gasteiger partial charge >= 0.3 is 12.1 Å². The Hall–Kier alpha value is -3.51. The van der Waals surface area contributed by atoms with Gasteiger partial charge < -0.3 is 25.6 Å². The topological polar surface area (TPSA) is 166 Å². The van der Waals surface area contributed by atoms with Crippen molar-refractivity contribution in [2.24, 2.45) is 21.6 Å². The summed E-state index contributed by atoms with van der Waals surface area (Å²) in [7, 11) is 0. The minimum atomic E-state index is -0.877. The van der Waals surface area contributed by atoms with Crippen LogP contribution in [0, 0.1) is 10.8 Å². The summed E-state index contributed by atoms with van der Waals surface area (Å²) < 4.78 is 11.0. The molecule has 0 spiro atoms. The molecule has 0 saturated carbocycles. The molecule has 39 heavy (non-hydrogen) atoms. The maximum absolute atomic E-state index is 13.2. The summed E-state index contributed by atoms with van der Waals surface area (Å²) in [4.78, 5) is 50.4. The zero-order chi connectivity index (χ0) is 29.1. The first-order chi connectivity index (χ1) is 18.3. The standard InChI is InChI=1S/C27H41N5O7/c1-6-10-32(24(35)20-12-19-7-8-29-15-21(19)31-22(28)13-20)39-11-9-30-25(36)38-18-27(4,5)17-37-16-26(2,3)14-23(33)34/h7-8,12,15H,6,9-11,13-14,16-18H2,1-5H3,(H2,28,31)(H,30,36)(H,33,34). The van der Waals surface area contributed by atoms with Gasteiger partial charge in [0.2, 0.25) is 0 Å². The minimum absolute atomic E-state index is 0.00126. The molecule has 0 radical (unpaired) electrons. The highest BCUT2D eigenvalue weighted by Gasteiger charge is 2.26. The Bertz CT molecular complexity index is 1070. The molecule has 0 bridgehead atoms. The fraction of sp³-hybridized carbons (Fsp3) is 0.593. The van der Waals surface area contributed by atoms with Gasteiger partial charge in [0.1, 0.15) is 12.4 Å². The van der Waals surface area contributed by atoms with Gasteiger partial charge in [-0.1, -0.05) is 34.6 Å². The van der Waals surface area contributed by atoms with E-state index >= 15 is 0 Å².